The highest BCUT2D eigenvalue weighted by Gasteiger charge is 2.25. The average Bonchev–Trinajstić information content (AvgIpc) is 2.90. The van der Waals surface area contributed by atoms with Gasteiger partial charge in [0.15, 0.2) is 5.13 Å². The summed E-state index contributed by atoms with van der Waals surface area (Å²) in [4.78, 5) is 18.2. The van der Waals surface area contributed by atoms with Crippen LogP contribution >= 0.6 is 11.3 Å². The number of amides is 1. The molecule has 1 heterocycles. The van der Waals surface area contributed by atoms with Gasteiger partial charge in [0.05, 0.1) is 6.42 Å². The summed E-state index contributed by atoms with van der Waals surface area (Å²) in [6.07, 6.45) is 1.49. The van der Waals surface area contributed by atoms with E-state index in [2.05, 4.69) is 9.71 Å². The number of carbonyl (C=O) groups excluding carboxylic acids is 1. The lowest BCUT2D eigenvalue weighted by Crippen LogP contribution is -2.42. The molecule has 1 aromatic heterocycles. The van der Waals surface area contributed by atoms with Gasteiger partial charge in [0, 0.05) is 29.2 Å². The van der Waals surface area contributed by atoms with Crippen molar-refractivity contribution in [2.45, 2.75) is 58.0 Å². The molecule has 1 aromatic carbocycles. The lowest BCUT2D eigenvalue weighted by molar-refractivity contribution is -0.133. The van der Waals surface area contributed by atoms with E-state index in [0.29, 0.717) is 10.9 Å². The molecule has 0 unspecified atom stereocenters. The second-order valence-corrected chi connectivity index (χ2v) is 9.67. The van der Waals surface area contributed by atoms with Crippen LogP contribution in [0.25, 0.3) is 0 Å². The zero-order valence-corrected chi connectivity index (χ0v) is 17.9. The number of anilines is 1. The molecular formula is C18H23F2N3O3S2. The molecule has 0 bridgehead atoms. The number of hydrogen-bond donors (Lipinski definition) is 1. The molecule has 1 N–H and O–H groups in total. The Morgan fingerprint density at radius 2 is 1.82 bits per heavy atom. The molecule has 10 heteroatoms. The van der Waals surface area contributed by atoms with Crippen molar-refractivity contribution in [3.63, 3.8) is 0 Å². The van der Waals surface area contributed by atoms with Crippen molar-refractivity contribution in [1.82, 2.24) is 9.88 Å². The molecule has 0 radical (unpaired) electrons. The number of hydrogen-bond acceptors (Lipinski definition) is 5. The summed E-state index contributed by atoms with van der Waals surface area (Å²) in [5, 5.41) is 0.00608. The van der Waals surface area contributed by atoms with Crippen molar-refractivity contribution >= 4 is 32.4 Å². The normalized spacial score (nSPS) is 11.9. The molecule has 28 heavy (non-hydrogen) atoms. The van der Waals surface area contributed by atoms with Gasteiger partial charge in [0.25, 0.3) is 10.0 Å². The van der Waals surface area contributed by atoms with Crippen molar-refractivity contribution in [3.05, 3.63) is 40.4 Å². The Labute approximate surface area is 167 Å². The van der Waals surface area contributed by atoms with Gasteiger partial charge >= 0.3 is 0 Å². The van der Waals surface area contributed by atoms with Crippen molar-refractivity contribution in [1.29, 1.82) is 0 Å². The van der Waals surface area contributed by atoms with Gasteiger partial charge in [-0.15, -0.1) is 11.3 Å². The van der Waals surface area contributed by atoms with E-state index in [1.807, 2.05) is 27.7 Å². The van der Waals surface area contributed by atoms with Crippen LogP contribution in [0.5, 0.6) is 0 Å². The van der Waals surface area contributed by atoms with E-state index in [1.165, 1.54) is 13.1 Å². The average molecular weight is 432 g/mol. The molecule has 1 amide bonds. The smallest absolute Gasteiger partial charge is 0.266 e. The number of halogens is 2. The Kier molecular flexibility index (Phi) is 6.76. The summed E-state index contributed by atoms with van der Waals surface area (Å²) in [5.74, 6) is -2.13. The topological polar surface area (TPSA) is 79.4 Å². The molecule has 0 atom stereocenters. The molecule has 154 valence electrons. The number of thiazole rings is 1. The molecule has 0 spiro atoms. The summed E-state index contributed by atoms with van der Waals surface area (Å²) in [5.41, 5.74) is -0.0542. The van der Waals surface area contributed by atoms with E-state index in [-0.39, 0.29) is 35.1 Å². The first-order valence-corrected chi connectivity index (χ1v) is 11.0. The van der Waals surface area contributed by atoms with Crippen molar-refractivity contribution < 1.29 is 22.0 Å². The summed E-state index contributed by atoms with van der Waals surface area (Å²) in [6.45, 7) is 8.99. The number of benzene rings is 1. The third-order valence-corrected chi connectivity index (χ3v) is 6.52. The molecule has 0 fully saturated rings. The Hall–Kier alpha value is -2.07. The minimum absolute atomic E-state index is 0.00608. The predicted octanol–water partition coefficient (Wildman–Crippen LogP) is 3.72. The van der Waals surface area contributed by atoms with Crippen LogP contribution in [0.15, 0.2) is 23.2 Å². The van der Waals surface area contributed by atoms with Crippen LogP contribution in [0.3, 0.4) is 0 Å². The molecule has 0 saturated heterocycles. The molecule has 2 aromatic rings. The third kappa shape index (κ3) is 5.05. The highest BCUT2D eigenvalue weighted by atomic mass is 32.2. The van der Waals surface area contributed by atoms with Crippen LogP contribution in [0.1, 0.15) is 38.1 Å². The highest BCUT2D eigenvalue weighted by Crippen LogP contribution is 2.26. The lowest BCUT2D eigenvalue weighted by Gasteiger charge is -2.30. The Morgan fingerprint density at radius 3 is 2.36 bits per heavy atom. The number of nitrogens with one attached hydrogen (secondary N) is 1. The quantitative estimate of drug-likeness (QED) is 0.725. The van der Waals surface area contributed by atoms with Gasteiger partial charge in [-0.05, 0) is 46.2 Å². The maximum Gasteiger partial charge on any atom is 0.266 e. The maximum absolute atomic E-state index is 14.0. The first kappa shape index (κ1) is 22.2. The maximum atomic E-state index is 14.0. The number of rotatable bonds is 7. The summed E-state index contributed by atoms with van der Waals surface area (Å²) in [7, 11) is -4.29. The van der Waals surface area contributed by atoms with Crippen LogP contribution in [0.4, 0.5) is 13.9 Å². The minimum Gasteiger partial charge on any atom is -0.338 e. The van der Waals surface area contributed by atoms with Gasteiger partial charge in [0.2, 0.25) is 5.91 Å². The van der Waals surface area contributed by atoms with Gasteiger partial charge < -0.3 is 4.90 Å². The van der Waals surface area contributed by atoms with E-state index in [0.717, 1.165) is 17.4 Å². The number of sulfonamides is 1. The van der Waals surface area contributed by atoms with Gasteiger partial charge in [-0.1, -0.05) is 0 Å². The third-order valence-electron chi connectivity index (χ3n) is 3.96. The Bertz CT molecular complexity index is 941. The van der Waals surface area contributed by atoms with Crippen molar-refractivity contribution in [3.8, 4) is 0 Å². The fraction of sp³-hybridized carbons (Fsp3) is 0.444. The van der Waals surface area contributed by atoms with Crippen LogP contribution in [0.2, 0.25) is 0 Å². The second-order valence-electron chi connectivity index (χ2n) is 6.94. The van der Waals surface area contributed by atoms with Crippen molar-refractivity contribution in [2.75, 3.05) is 4.72 Å². The molecular weight excluding hydrogens is 408 g/mol. The fourth-order valence-electron chi connectivity index (χ4n) is 3.04. The van der Waals surface area contributed by atoms with Crippen LogP contribution in [-0.4, -0.2) is 36.3 Å². The monoisotopic (exact) mass is 431 g/mol. The number of aromatic nitrogens is 1. The van der Waals surface area contributed by atoms with Gasteiger partial charge in [-0.25, -0.2) is 22.2 Å². The highest BCUT2D eigenvalue weighted by molar-refractivity contribution is 7.93. The minimum atomic E-state index is -4.29. The number of nitrogens with zero attached hydrogens (tertiary/aromatic N) is 2. The molecule has 2 rings (SSSR count). The molecule has 0 saturated carbocycles. The SMILES string of the molecule is Cc1cc(F)cc(F)c1S(=O)(=O)Nc1ncc(CC(=O)N(C(C)C)C(C)C)s1. The van der Waals surface area contributed by atoms with Gasteiger partial charge in [0.1, 0.15) is 16.5 Å². The van der Waals surface area contributed by atoms with Gasteiger partial charge in [-0.2, -0.15) is 0 Å². The van der Waals surface area contributed by atoms with Crippen molar-refractivity contribution in [2.24, 2.45) is 0 Å². The van der Waals surface area contributed by atoms with E-state index >= 15 is 0 Å². The molecule has 6 nitrogen and oxygen atoms in total. The van der Waals surface area contributed by atoms with Crippen LogP contribution in [-0.2, 0) is 21.2 Å². The molecule has 0 aliphatic carbocycles. The summed E-state index contributed by atoms with van der Waals surface area (Å²) in [6, 6.07) is 1.52. The Balaban J connectivity index is 2.20. The zero-order chi connectivity index (χ0) is 21.2. The molecule has 0 aliphatic heterocycles. The first-order valence-electron chi connectivity index (χ1n) is 8.66. The first-order chi connectivity index (χ1) is 12.9. The van der Waals surface area contributed by atoms with Crippen LogP contribution in [0, 0.1) is 18.6 Å². The van der Waals surface area contributed by atoms with E-state index in [9.17, 15) is 22.0 Å². The fourth-order valence-corrected chi connectivity index (χ4v) is 5.38. The second kappa shape index (κ2) is 8.52. The summed E-state index contributed by atoms with van der Waals surface area (Å²) < 4.78 is 54.4. The standard InChI is InChI=1S/C18H23F2N3O3S2/c1-10(2)23(11(3)4)16(24)8-14-9-21-18(27-14)22-28(25,26)17-12(5)6-13(19)7-15(17)20/h6-7,9-11H,8H2,1-5H3,(H,21,22). The van der Waals surface area contributed by atoms with Crippen LogP contribution < -0.4 is 4.72 Å². The predicted molar refractivity (Wildman–Crippen MR) is 105 cm³/mol. The number of carbonyl (C=O) groups is 1. The summed E-state index contributed by atoms with van der Waals surface area (Å²) >= 11 is 0.993. The van der Waals surface area contributed by atoms with Gasteiger partial charge in [-0.3, -0.25) is 9.52 Å². The number of aryl methyl sites for hydroxylation is 1. The zero-order valence-electron chi connectivity index (χ0n) is 16.3. The van der Waals surface area contributed by atoms with E-state index in [4.69, 9.17) is 0 Å². The Morgan fingerprint density at radius 1 is 1.21 bits per heavy atom. The lowest BCUT2D eigenvalue weighted by atomic mass is 10.2. The van der Waals surface area contributed by atoms with E-state index in [1.54, 1.807) is 4.90 Å². The van der Waals surface area contributed by atoms with E-state index < -0.39 is 26.6 Å². The largest absolute Gasteiger partial charge is 0.338 e. The molecule has 0 aliphatic rings.